The topological polar surface area (TPSA) is 20.3 Å². The quantitative estimate of drug-likeness (QED) is 0.340. The molecule has 134 valence electrons. The van der Waals surface area contributed by atoms with Crippen LogP contribution in [0.3, 0.4) is 0 Å². The van der Waals surface area contributed by atoms with E-state index in [1.807, 2.05) is 11.0 Å². The largest absolute Gasteiger partial charge is 0.339 e. The van der Waals surface area contributed by atoms with Crippen LogP contribution in [0.4, 0.5) is 0 Å². The molecule has 0 aromatic heterocycles. The van der Waals surface area contributed by atoms with E-state index in [0.717, 1.165) is 31.5 Å². The van der Waals surface area contributed by atoms with Crippen LogP contribution >= 0.6 is 0 Å². The number of nitrogens with zero attached hydrogens (tertiary/aromatic N) is 1. The number of amides is 1. The molecule has 24 heavy (non-hydrogen) atoms. The molecule has 2 heteroatoms. The molecule has 1 aromatic carbocycles. The monoisotopic (exact) mass is 329 g/mol. The van der Waals surface area contributed by atoms with Crippen molar-refractivity contribution < 1.29 is 4.79 Å². The Balaban J connectivity index is 2.54. The Kier molecular flexibility index (Phi) is 10.9. The molecule has 1 amide bonds. The SMILES string of the molecule is CCCCCCN(CCCCCC)C(=O)C=Cc1ccc(C)cc1. The van der Waals surface area contributed by atoms with E-state index in [1.165, 1.54) is 44.1 Å². The molecule has 0 spiro atoms. The zero-order valence-corrected chi connectivity index (χ0v) is 15.9. The van der Waals surface area contributed by atoms with Gasteiger partial charge in [0.25, 0.3) is 0 Å². The summed E-state index contributed by atoms with van der Waals surface area (Å²) in [7, 11) is 0. The molecule has 0 N–H and O–H groups in total. The van der Waals surface area contributed by atoms with Crippen molar-refractivity contribution in [3.63, 3.8) is 0 Å². The minimum absolute atomic E-state index is 0.156. The lowest BCUT2D eigenvalue weighted by molar-refractivity contribution is -0.126. The van der Waals surface area contributed by atoms with Crippen molar-refractivity contribution in [3.05, 3.63) is 41.5 Å². The zero-order valence-electron chi connectivity index (χ0n) is 15.9. The number of carbonyl (C=O) groups is 1. The fraction of sp³-hybridized carbons (Fsp3) is 0.591. The fourth-order valence-corrected chi connectivity index (χ4v) is 2.74. The number of benzene rings is 1. The number of unbranched alkanes of at least 4 members (excludes halogenated alkanes) is 6. The molecule has 0 saturated heterocycles. The minimum Gasteiger partial charge on any atom is -0.339 e. The van der Waals surface area contributed by atoms with E-state index in [-0.39, 0.29) is 5.91 Å². The molecule has 1 rings (SSSR count). The Hall–Kier alpha value is -1.57. The van der Waals surface area contributed by atoms with Gasteiger partial charge in [-0.2, -0.15) is 0 Å². The number of rotatable bonds is 12. The van der Waals surface area contributed by atoms with Gasteiger partial charge in [0.1, 0.15) is 0 Å². The lowest BCUT2D eigenvalue weighted by Crippen LogP contribution is -2.31. The summed E-state index contributed by atoms with van der Waals surface area (Å²) in [4.78, 5) is 14.6. The highest BCUT2D eigenvalue weighted by atomic mass is 16.2. The molecule has 0 aliphatic rings. The third-order valence-corrected chi connectivity index (χ3v) is 4.37. The van der Waals surface area contributed by atoms with Crippen molar-refractivity contribution in [2.24, 2.45) is 0 Å². The number of hydrogen-bond acceptors (Lipinski definition) is 1. The van der Waals surface area contributed by atoms with Gasteiger partial charge in [0.2, 0.25) is 5.91 Å². The standard InChI is InChI=1S/C22H35NO/c1-4-6-8-10-18-23(19-11-9-7-5-2)22(24)17-16-21-14-12-20(3)13-15-21/h12-17H,4-11,18-19H2,1-3H3. The first-order chi connectivity index (χ1) is 11.7. The van der Waals surface area contributed by atoms with Crippen molar-refractivity contribution in [2.75, 3.05) is 13.1 Å². The molecule has 0 saturated carbocycles. The summed E-state index contributed by atoms with van der Waals surface area (Å²) in [5.41, 5.74) is 2.33. The second kappa shape index (κ2) is 12.8. The molecule has 1 aromatic rings. The van der Waals surface area contributed by atoms with Crippen LogP contribution in [0.15, 0.2) is 30.3 Å². The molecule has 2 nitrogen and oxygen atoms in total. The highest BCUT2D eigenvalue weighted by Crippen LogP contribution is 2.09. The van der Waals surface area contributed by atoms with Crippen LogP contribution in [0, 0.1) is 6.92 Å². The zero-order chi connectivity index (χ0) is 17.6. The molecule has 0 atom stereocenters. The molecule has 0 fully saturated rings. The van der Waals surface area contributed by atoms with E-state index in [0.29, 0.717) is 0 Å². The number of hydrogen-bond donors (Lipinski definition) is 0. The summed E-state index contributed by atoms with van der Waals surface area (Å²) in [5.74, 6) is 0.156. The van der Waals surface area contributed by atoms with Gasteiger partial charge < -0.3 is 4.90 Å². The third-order valence-electron chi connectivity index (χ3n) is 4.37. The summed E-state index contributed by atoms with van der Waals surface area (Å²) < 4.78 is 0. The summed E-state index contributed by atoms with van der Waals surface area (Å²) in [5, 5.41) is 0. The van der Waals surface area contributed by atoms with Crippen LogP contribution in [0.25, 0.3) is 6.08 Å². The Morgan fingerprint density at radius 2 is 1.42 bits per heavy atom. The van der Waals surface area contributed by atoms with Crippen LogP contribution < -0.4 is 0 Å². The highest BCUT2D eigenvalue weighted by molar-refractivity contribution is 5.91. The summed E-state index contributed by atoms with van der Waals surface area (Å²) in [6.07, 6.45) is 13.3. The van der Waals surface area contributed by atoms with E-state index in [1.54, 1.807) is 6.08 Å². The molecule has 0 aliphatic heterocycles. The van der Waals surface area contributed by atoms with Crippen molar-refractivity contribution in [3.8, 4) is 0 Å². The maximum absolute atomic E-state index is 12.6. The van der Waals surface area contributed by atoms with Crippen molar-refractivity contribution in [1.29, 1.82) is 0 Å². The normalized spacial score (nSPS) is 11.1. The maximum atomic E-state index is 12.6. The lowest BCUT2D eigenvalue weighted by Gasteiger charge is -2.21. The molecule has 0 aliphatic carbocycles. The highest BCUT2D eigenvalue weighted by Gasteiger charge is 2.09. The first-order valence-electron chi connectivity index (χ1n) is 9.71. The van der Waals surface area contributed by atoms with E-state index in [2.05, 4.69) is 45.0 Å². The van der Waals surface area contributed by atoms with Gasteiger partial charge in [0, 0.05) is 19.2 Å². The van der Waals surface area contributed by atoms with Crippen LogP contribution in [0.2, 0.25) is 0 Å². The van der Waals surface area contributed by atoms with Gasteiger partial charge in [-0.3, -0.25) is 4.79 Å². The fourth-order valence-electron chi connectivity index (χ4n) is 2.74. The predicted octanol–water partition coefficient (Wildman–Crippen LogP) is 6.00. The second-order valence-electron chi connectivity index (χ2n) is 6.69. The molecule has 0 heterocycles. The van der Waals surface area contributed by atoms with Crippen LogP contribution in [0.1, 0.15) is 76.3 Å². The number of carbonyl (C=O) groups excluding carboxylic acids is 1. The van der Waals surface area contributed by atoms with Gasteiger partial charge in [-0.15, -0.1) is 0 Å². The molecular formula is C22H35NO. The summed E-state index contributed by atoms with van der Waals surface area (Å²) in [6.45, 7) is 8.30. The van der Waals surface area contributed by atoms with Crippen molar-refractivity contribution in [2.45, 2.75) is 72.1 Å². The Bertz CT molecular complexity index is 463. The average molecular weight is 330 g/mol. The Morgan fingerprint density at radius 3 is 1.92 bits per heavy atom. The van der Waals surface area contributed by atoms with Crippen molar-refractivity contribution >= 4 is 12.0 Å². The van der Waals surface area contributed by atoms with E-state index >= 15 is 0 Å². The van der Waals surface area contributed by atoms with Gasteiger partial charge >= 0.3 is 0 Å². The second-order valence-corrected chi connectivity index (χ2v) is 6.69. The van der Waals surface area contributed by atoms with Crippen LogP contribution in [-0.4, -0.2) is 23.9 Å². The van der Waals surface area contributed by atoms with Gasteiger partial charge in [-0.1, -0.05) is 82.2 Å². The lowest BCUT2D eigenvalue weighted by atomic mass is 10.1. The molecule has 0 bridgehead atoms. The van der Waals surface area contributed by atoms with E-state index < -0.39 is 0 Å². The first-order valence-corrected chi connectivity index (χ1v) is 9.71. The minimum atomic E-state index is 0.156. The average Bonchev–Trinajstić information content (AvgIpc) is 2.59. The molecule has 0 radical (unpaired) electrons. The van der Waals surface area contributed by atoms with Crippen LogP contribution in [0.5, 0.6) is 0 Å². The Morgan fingerprint density at radius 1 is 0.875 bits per heavy atom. The maximum Gasteiger partial charge on any atom is 0.246 e. The van der Waals surface area contributed by atoms with Gasteiger partial charge in [-0.25, -0.2) is 0 Å². The van der Waals surface area contributed by atoms with Crippen LogP contribution in [-0.2, 0) is 4.79 Å². The molecule has 0 unspecified atom stereocenters. The van der Waals surface area contributed by atoms with E-state index in [4.69, 9.17) is 0 Å². The third kappa shape index (κ3) is 8.90. The predicted molar refractivity (Wildman–Crippen MR) is 105 cm³/mol. The van der Waals surface area contributed by atoms with E-state index in [9.17, 15) is 4.79 Å². The van der Waals surface area contributed by atoms with Crippen molar-refractivity contribution in [1.82, 2.24) is 4.90 Å². The number of aryl methyl sites for hydroxylation is 1. The smallest absolute Gasteiger partial charge is 0.246 e. The van der Waals surface area contributed by atoms with Gasteiger partial charge in [0.05, 0.1) is 0 Å². The first kappa shape index (κ1) is 20.5. The Labute approximate surface area is 149 Å². The van der Waals surface area contributed by atoms with Gasteiger partial charge in [0.15, 0.2) is 0 Å². The summed E-state index contributed by atoms with van der Waals surface area (Å²) >= 11 is 0. The summed E-state index contributed by atoms with van der Waals surface area (Å²) in [6, 6.07) is 8.28. The van der Waals surface area contributed by atoms with Gasteiger partial charge in [-0.05, 0) is 31.4 Å². The molecular weight excluding hydrogens is 294 g/mol.